The standard InChI is InChI=1S/C19H22O4/c1-4-9-21-15-7-5-14(6-8-15)13(2)16-10-18-19(23-12-22-18)11-17(16)20-3/h5-8,10-11,13H,4,9,12H2,1-3H3. The number of rotatable bonds is 6. The molecule has 4 nitrogen and oxygen atoms in total. The summed E-state index contributed by atoms with van der Waals surface area (Å²) < 4.78 is 22.1. The van der Waals surface area contributed by atoms with Crippen LogP contribution in [0.5, 0.6) is 23.0 Å². The van der Waals surface area contributed by atoms with E-state index in [0.717, 1.165) is 41.6 Å². The Morgan fingerprint density at radius 2 is 1.78 bits per heavy atom. The lowest BCUT2D eigenvalue weighted by atomic mass is 9.92. The van der Waals surface area contributed by atoms with Crippen molar-refractivity contribution in [3.05, 3.63) is 47.5 Å². The van der Waals surface area contributed by atoms with E-state index in [4.69, 9.17) is 18.9 Å². The van der Waals surface area contributed by atoms with E-state index in [9.17, 15) is 0 Å². The summed E-state index contributed by atoms with van der Waals surface area (Å²) in [5, 5.41) is 0. The molecule has 1 atom stereocenters. The Bertz CT molecular complexity index is 664. The normalized spacial score (nSPS) is 13.7. The molecule has 4 heteroatoms. The zero-order valence-electron chi connectivity index (χ0n) is 13.8. The van der Waals surface area contributed by atoms with Crippen LogP contribution in [0.4, 0.5) is 0 Å². The summed E-state index contributed by atoms with van der Waals surface area (Å²) >= 11 is 0. The van der Waals surface area contributed by atoms with Gasteiger partial charge in [0.25, 0.3) is 0 Å². The first-order valence-corrected chi connectivity index (χ1v) is 7.93. The van der Waals surface area contributed by atoms with Gasteiger partial charge in [-0.1, -0.05) is 26.0 Å². The van der Waals surface area contributed by atoms with Gasteiger partial charge in [0.1, 0.15) is 11.5 Å². The molecule has 2 aromatic carbocycles. The molecule has 0 radical (unpaired) electrons. The SMILES string of the molecule is CCCOc1ccc(C(C)c2cc3c(cc2OC)OCO3)cc1. The summed E-state index contributed by atoms with van der Waals surface area (Å²) in [6, 6.07) is 12.1. The molecule has 23 heavy (non-hydrogen) atoms. The van der Waals surface area contributed by atoms with E-state index in [1.165, 1.54) is 5.56 Å². The van der Waals surface area contributed by atoms with Crippen molar-refractivity contribution in [3.8, 4) is 23.0 Å². The average molecular weight is 314 g/mol. The molecule has 1 aliphatic rings. The highest BCUT2D eigenvalue weighted by molar-refractivity contribution is 5.54. The molecule has 2 aromatic rings. The minimum atomic E-state index is 0.180. The second-order valence-electron chi connectivity index (χ2n) is 5.59. The van der Waals surface area contributed by atoms with Crippen molar-refractivity contribution in [1.82, 2.24) is 0 Å². The fourth-order valence-corrected chi connectivity index (χ4v) is 2.71. The van der Waals surface area contributed by atoms with Gasteiger partial charge in [-0.05, 0) is 30.2 Å². The number of fused-ring (bicyclic) bond motifs is 1. The molecule has 0 amide bonds. The molecule has 0 aliphatic carbocycles. The third kappa shape index (κ3) is 3.21. The molecule has 0 N–H and O–H groups in total. The zero-order valence-corrected chi connectivity index (χ0v) is 13.8. The second kappa shape index (κ2) is 6.82. The van der Waals surface area contributed by atoms with Crippen LogP contribution in [-0.2, 0) is 0 Å². The monoisotopic (exact) mass is 314 g/mol. The third-order valence-electron chi connectivity index (χ3n) is 4.04. The van der Waals surface area contributed by atoms with Crippen LogP contribution in [0.1, 0.15) is 37.3 Å². The topological polar surface area (TPSA) is 36.9 Å². The predicted octanol–water partition coefficient (Wildman–Crippen LogP) is 4.36. The highest BCUT2D eigenvalue weighted by Crippen LogP contribution is 2.42. The summed E-state index contributed by atoms with van der Waals surface area (Å²) in [5.74, 6) is 3.41. The van der Waals surface area contributed by atoms with Crippen molar-refractivity contribution in [2.75, 3.05) is 20.5 Å². The van der Waals surface area contributed by atoms with Crippen LogP contribution in [0.2, 0.25) is 0 Å². The maximum absolute atomic E-state index is 5.64. The molecule has 0 aromatic heterocycles. The Labute approximate surface area is 136 Å². The summed E-state index contributed by atoms with van der Waals surface area (Å²) in [5.41, 5.74) is 2.28. The van der Waals surface area contributed by atoms with Gasteiger partial charge >= 0.3 is 0 Å². The number of hydrogen-bond donors (Lipinski definition) is 0. The van der Waals surface area contributed by atoms with Crippen molar-refractivity contribution in [2.45, 2.75) is 26.2 Å². The Morgan fingerprint density at radius 3 is 2.43 bits per heavy atom. The molecule has 0 spiro atoms. The first-order chi connectivity index (χ1) is 11.2. The molecule has 1 aliphatic heterocycles. The second-order valence-corrected chi connectivity index (χ2v) is 5.59. The highest BCUT2D eigenvalue weighted by atomic mass is 16.7. The lowest BCUT2D eigenvalue weighted by Gasteiger charge is -2.17. The zero-order chi connectivity index (χ0) is 16.2. The van der Waals surface area contributed by atoms with Crippen molar-refractivity contribution in [3.63, 3.8) is 0 Å². The lowest BCUT2D eigenvalue weighted by molar-refractivity contribution is 0.174. The van der Waals surface area contributed by atoms with Crippen LogP contribution in [-0.4, -0.2) is 20.5 Å². The molecule has 3 rings (SSSR count). The van der Waals surface area contributed by atoms with Crippen molar-refractivity contribution < 1.29 is 18.9 Å². The van der Waals surface area contributed by atoms with Crippen LogP contribution in [0, 0.1) is 0 Å². The van der Waals surface area contributed by atoms with Gasteiger partial charge in [0.2, 0.25) is 6.79 Å². The molecule has 0 saturated heterocycles. The molecule has 1 heterocycles. The van der Waals surface area contributed by atoms with Gasteiger partial charge in [-0.2, -0.15) is 0 Å². The van der Waals surface area contributed by atoms with Crippen LogP contribution in [0.3, 0.4) is 0 Å². The molecule has 122 valence electrons. The van der Waals surface area contributed by atoms with E-state index >= 15 is 0 Å². The minimum Gasteiger partial charge on any atom is -0.496 e. The largest absolute Gasteiger partial charge is 0.496 e. The van der Waals surface area contributed by atoms with E-state index in [-0.39, 0.29) is 12.7 Å². The summed E-state index contributed by atoms with van der Waals surface area (Å²) in [4.78, 5) is 0. The Kier molecular flexibility index (Phi) is 4.60. The molecule has 1 unspecified atom stereocenters. The van der Waals surface area contributed by atoms with Gasteiger partial charge in [0.15, 0.2) is 11.5 Å². The van der Waals surface area contributed by atoms with Gasteiger partial charge < -0.3 is 18.9 Å². The van der Waals surface area contributed by atoms with E-state index < -0.39 is 0 Å². The van der Waals surface area contributed by atoms with E-state index in [1.54, 1.807) is 7.11 Å². The molecule has 0 bridgehead atoms. The van der Waals surface area contributed by atoms with Gasteiger partial charge in [0, 0.05) is 17.5 Å². The summed E-state index contributed by atoms with van der Waals surface area (Å²) in [7, 11) is 1.68. The van der Waals surface area contributed by atoms with Gasteiger partial charge in [-0.3, -0.25) is 0 Å². The third-order valence-corrected chi connectivity index (χ3v) is 4.04. The van der Waals surface area contributed by atoms with E-state index in [2.05, 4.69) is 26.0 Å². The number of methoxy groups -OCH3 is 1. The minimum absolute atomic E-state index is 0.180. The van der Waals surface area contributed by atoms with Crippen LogP contribution >= 0.6 is 0 Å². The Balaban J connectivity index is 1.86. The summed E-state index contributed by atoms with van der Waals surface area (Å²) in [6.45, 7) is 5.26. The first kappa shape index (κ1) is 15.5. The Hall–Kier alpha value is -2.36. The quantitative estimate of drug-likeness (QED) is 0.793. The fourth-order valence-electron chi connectivity index (χ4n) is 2.71. The van der Waals surface area contributed by atoms with Gasteiger partial charge in [0.05, 0.1) is 13.7 Å². The van der Waals surface area contributed by atoms with Crippen LogP contribution in [0.25, 0.3) is 0 Å². The Morgan fingerprint density at radius 1 is 1.09 bits per heavy atom. The highest BCUT2D eigenvalue weighted by Gasteiger charge is 2.21. The smallest absolute Gasteiger partial charge is 0.231 e. The van der Waals surface area contributed by atoms with Gasteiger partial charge in [-0.15, -0.1) is 0 Å². The molecule has 0 saturated carbocycles. The molecular weight excluding hydrogens is 292 g/mol. The number of ether oxygens (including phenoxy) is 4. The van der Waals surface area contributed by atoms with Gasteiger partial charge in [-0.25, -0.2) is 0 Å². The van der Waals surface area contributed by atoms with Crippen molar-refractivity contribution in [1.29, 1.82) is 0 Å². The number of hydrogen-bond acceptors (Lipinski definition) is 4. The van der Waals surface area contributed by atoms with Crippen molar-refractivity contribution >= 4 is 0 Å². The molecule has 0 fully saturated rings. The summed E-state index contributed by atoms with van der Waals surface area (Å²) in [6.07, 6.45) is 1.01. The first-order valence-electron chi connectivity index (χ1n) is 7.93. The van der Waals surface area contributed by atoms with Crippen LogP contribution in [0.15, 0.2) is 36.4 Å². The lowest BCUT2D eigenvalue weighted by Crippen LogP contribution is -2.00. The maximum atomic E-state index is 5.64. The van der Waals surface area contributed by atoms with Crippen LogP contribution < -0.4 is 18.9 Å². The maximum Gasteiger partial charge on any atom is 0.231 e. The average Bonchev–Trinajstić information content (AvgIpc) is 3.06. The number of benzene rings is 2. The van der Waals surface area contributed by atoms with Crippen molar-refractivity contribution in [2.24, 2.45) is 0 Å². The fraction of sp³-hybridized carbons (Fsp3) is 0.368. The predicted molar refractivity (Wildman–Crippen MR) is 88.9 cm³/mol. The van der Waals surface area contributed by atoms with E-state index in [0.29, 0.717) is 0 Å². The van der Waals surface area contributed by atoms with E-state index in [1.807, 2.05) is 24.3 Å². The molecular formula is C19H22O4.